The molecule has 2 aliphatic heterocycles. The van der Waals surface area contributed by atoms with Crippen molar-refractivity contribution < 1.29 is 40.7 Å². The summed E-state index contributed by atoms with van der Waals surface area (Å²) in [5.74, 6) is -1.46. The van der Waals surface area contributed by atoms with Crippen LogP contribution < -0.4 is 10.1 Å². The Morgan fingerprint density at radius 3 is 2.36 bits per heavy atom. The third-order valence-corrected chi connectivity index (χ3v) is 5.90. The number of amides is 2. The van der Waals surface area contributed by atoms with Crippen LogP contribution in [-0.2, 0) is 4.79 Å². The number of benzene rings is 1. The number of rotatable bonds is 6. The van der Waals surface area contributed by atoms with Gasteiger partial charge in [0.15, 0.2) is 0 Å². The average Bonchev–Trinajstić information content (AvgIpc) is 3.23. The molecule has 0 aromatic heterocycles. The Hall–Kier alpha value is -2.50. The van der Waals surface area contributed by atoms with Crippen molar-refractivity contribution in [3.05, 3.63) is 29.8 Å². The molecule has 12 heteroatoms. The highest BCUT2D eigenvalue weighted by Crippen LogP contribution is 2.32. The number of carbonyl (C=O) groups excluding carboxylic acids is 2. The minimum atomic E-state index is -4.85. The van der Waals surface area contributed by atoms with Crippen LogP contribution in [0.3, 0.4) is 0 Å². The molecule has 33 heavy (non-hydrogen) atoms. The lowest BCUT2D eigenvalue weighted by molar-refractivity contribution is -0.274. The summed E-state index contributed by atoms with van der Waals surface area (Å²) in [5, 5.41) is 2.69. The van der Waals surface area contributed by atoms with E-state index in [-0.39, 0.29) is 31.0 Å². The van der Waals surface area contributed by atoms with Crippen molar-refractivity contribution in [2.24, 2.45) is 5.92 Å². The minimum Gasteiger partial charge on any atom is -0.406 e. The van der Waals surface area contributed by atoms with Crippen molar-refractivity contribution in [2.75, 3.05) is 32.7 Å². The van der Waals surface area contributed by atoms with Crippen LogP contribution in [0.5, 0.6) is 5.75 Å². The van der Waals surface area contributed by atoms with E-state index in [0.717, 1.165) is 17.0 Å². The lowest BCUT2D eigenvalue weighted by atomic mass is 9.96. The number of nitrogens with one attached hydrogen (secondary N) is 1. The first-order valence-corrected chi connectivity index (χ1v) is 10.6. The highest BCUT2D eigenvalue weighted by Gasteiger charge is 2.47. The van der Waals surface area contributed by atoms with E-state index >= 15 is 0 Å². The zero-order valence-electron chi connectivity index (χ0n) is 17.7. The van der Waals surface area contributed by atoms with Crippen LogP contribution in [0.15, 0.2) is 24.3 Å². The zero-order valence-corrected chi connectivity index (χ0v) is 17.7. The van der Waals surface area contributed by atoms with Crippen LogP contribution in [-0.4, -0.2) is 72.9 Å². The third-order valence-electron chi connectivity index (χ3n) is 5.90. The van der Waals surface area contributed by atoms with Crippen LogP contribution >= 0.6 is 0 Å². The summed E-state index contributed by atoms with van der Waals surface area (Å²) in [7, 11) is 0. The second-order valence-corrected chi connectivity index (χ2v) is 8.29. The molecule has 2 fully saturated rings. The van der Waals surface area contributed by atoms with Crippen molar-refractivity contribution in [2.45, 2.75) is 44.3 Å². The molecule has 6 nitrogen and oxygen atoms in total. The van der Waals surface area contributed by atoms with Gasteiger partial charge in [0.25, 0.3) is 5.91 Å². The lowest BCUT2D eigenvalue weighted by Gasteiger charge is -2.34. The number of hydrogen-bond acceptors (Lipinski definition) is 4. The number of piperidine rings is 1. The third kappa shape index (κ3) is 7.24. The van der Waals surface area contributed by atoms with Gasteiger partial charge in [0.2, 0.25) is 5.91 Å². The van der Waals surface area contributed by atoms with Crippen LogP contribution in [0.1, 0.15) is 36.0 Å². The molecule has 2 saturated heterocycles. The molecule has 1 aromatic rings. The first kappa shape index (κ1) is 25.1. The van der Waals surface area contributed by atoms with Gasteiger partial charge in [-0.05, 0) is 62.9 Å². The first-order valence-electron chi connectivity index (χ1n) is 10.6. The van der Waals surface area contributed by atoms with E-state index in [1.165, 1.54) is 12.1 Å². The number of halogens is 6. The van der Waals surface area contributed by atoms with Crippen LogP contribution in [0.25, 0.3) is 0 Å². The van der Waals surface area contributed by atoms with Gasteiger partial charge in [-0.2, -0.15) is 13.2 Å². The SMILES string of the molecule is O=C(NCC1CCN(CC(=O)N2CCC[C@H]2C(F)(F)F)CC1)c1cccc(OC(F)(F)F)c1. The second-order valence-electron chi connectivity index (χ2n) is 8.29. The molecule has 184 valence electrons. The highest BCUT2D eigenvalue weighted by atomic mass is 19.4. The highest BCUT2D eigenvalue weighted by molar-refractivity contribution is 5.94. The van der Waals surface area contributed by atoms with E-state index in [2.05, 4.69) is 10.1 Å². The van der Waals surface area contributed by atoms with Crippen LogP contribution in [0.2, 0.25) is 0 Å². The van der Waals surface area contributed by atoms with Gasteiger partial charge in [0, 0.05) is 18.7 Å². The topological polar surface area (TPSA) is 61.9 Å². The summed E-state index contributed by atoms with van der Waals surface area (Å²) in [5.41, 5.74) is 0.0321. The molecule has 3 rings (SSSR count). The van der Waals surface area contributed by atoms with E-state index in [9.17, 15) is 35.9 Å². The Morgan fingerprint density at radius 1 is 1.03 bits per heavy atom. The van der Waals surface area contributed by atoms with E-state index in [4.69, 9.17) is 0 Å². The molecule has 0 radical (unpaired) electrons. The lowest BCUT2D eigenvalue weighted by Crippen LogP contribution is -2.49. The fraction of sp³-hybridized carbons (Fsp3) is 0.619. The summed E-state index contributed by atoms with van der Waals surface area (Å²) >= 11 is 0. The maximum absolute atomic E-state index is 13.1. The van der Waals surface area contributed by atoms with Gasteiger partial charge >= 0.3 is 12.5 Å². The first-order chi connectivity index (χ1) is 15.4. The number of likely N-dealkylation sites (tertiary alicyclic amines) is 2. The predicted octanol–water partition coefficient (Wildman–Crippen LogP) is 3.58. The maximum Gasteiger partial charge on any atom is 0.573 e. The van der Waals surface area contributed by atoms with E-state index in [0.29, 0.717) is 38.9 Å². The summed E-state index contributed by atoms with van der Waals surface area (Å²) in [6, 6.07) is 3.05. The Bertz CT molecular complexity index is 837. The van der Waals surface area contributed by atoms with Crippen molar-refractivity contribution in [3.8, 4) is 5.75 Å². The van der Waals surface area contributed by atoms with Gasteiger partial charge in [-0.3, -0.25) is 14.5 Å². The van der Waals surface area contributed by atoms with Crippen molar-refractivity contribution in [1.82, 2.24) is 15.1 Å². The molecule has 1 aromatic carbocycles. The number of ether oxygens (including phenoxy) is 1. The summed E-state index contributed by atoms with van der Waals surface area (Å²) in [6.07, 6.45) is -7.74. The number of carbonyl (C=O) groups is 2. The maximum atomic E-state index is 13.1. The van der Waals surface area contributed by atoms with Gasteiger partial charge in [0.05, 0.1) is 6.54 Å². The van der Waals surface area contributed by atoms with Crippen LogP contribution in [0.4, 0.5) is 26.3 Å². The van der Waals surface area contributed by atoms with Crippen molar-refractivity contribution >= 4 is 11.8 Å². The molecule has 0 aliphatic carbocycles. The molecule has 2 heterocycles. The van der Waals surface area contributed by atoms with Gasteiger partial charge in [-0.1, -0.05) is 6.07 Å². The Balaban J connectivity index is 1.42. The van der Waals surface area contributed by atoms with Crippen LogP contribution in [0, 0.1) is 5.92 Å². The minimum absolute atomic E-state index is 0.0321. The smallest absolute Gasteiger partial charge is 0.406 e. The van der Waals surface area contributed by atoms with Crippen molar-refractivity contribution in [3.63, 3.8) is 0 Å². The Kier molecular flexibility index (Phi) is 7.76. The zero-order chi connectivity index (χ0) is 24.2. The standard InChI is InChI=1S/C21H25F6N3O3/c22-20(23,24)17-5-2-8-30(17)18(31)13-29-9-6-14(7-10-29)12-28-19(32)15-3-1-4-16(11-15)33-21(25,26)27/h1,3-4,11,14,17H,2,5-10,12-13H2,(H,28,32)/t17-/m0/s1. The molecule has 1 atom stereocenters. The molecule has 2 amide bonds. The predicted molar refractivity (Wildman–Crippen MR) is 105 cm³/mol. The molecule has 0 saturated carbocycles. The molecule has 1 N–H and O–H groups in total. The van der Waals surface area contributed by atoms with Gasteiger partial charge < -0.3 is 15.0 Å². The average molecular weight is 481 g/mol. The summed E-state index contributed by atoms with van der Waals surface area (Å²) in [6.45, 7) is 1.35. The molecule has 2 aliphatic rings. The number of alkyl halides is 6. The largest absolute Gasteiger partial charge is 0.573 e. The summed E-state index contributed by atoms with van der Waals surface area (Å²) < 4.78 is 80.0. The summed E-state index contributed by atoms with van der Waals surface area (Å²) in [4.78, 5) is 27.4. The van der Waals surface area contributed by atoms with Gasteiger partial charge in [-0.15, -0.1) is 13.2 Å². The Morgan fingerprint density at radius 2 is 1.73 bits per heavy atom. The molecular weight excluding hydrogens is 456 g/mol. The van der Waals surface area contributed by atoms with E-state index < -0.39 is 36.1 Å². The molecular formula is C21H25F6N3O3. The van der Waals surface area contributed by atoms with E-state index in [1.54, 1.807) is 0 Å². The number of hydrogen-bond donors (Lipinski definition) is 1. The Labute approximate surface area is 186 Å². The normalized spacial score (nSPS) is 20.7. The fourth-order valence-electron chi connectivity index (χ4n) is 4.21. The molecule has 0 bridgehead atoms. The fourth-order valence-corrected chi connectivity index (χ4v) is 4.21. The van der Waals surface area contributed by atoms with Crippen molar-refractivity contribution in [1.29, 1.82) is 0 Å². The van der Waals surface area contributed by atoms with E-state index in [1.807, 2.05) is 4.90 Å². The van der Waals surface area contributed by atoms with Gasteiger partial charge in [-0.25, -0.2) is 0 Å². The monoisotopic (exact) mass is 481 g/mol. The quantitative estimate of drug-likeness (QED) is 0.632. The second kappa shape index (κ2) is 10.2. The number of nitrogens with zero attached hydrogens (tertiary/aromatic N) is 2. The molecule has 0 spiro atoms. The van der Waals surface area contributed by atoms with Gasteiger partial charge in [0.1, 0.15) is 11.8 Å². The molecule has 0 unspecified atom stereocenters.